The first-order valence-corrected chi connectivity index (χ1v) is 10.3. The van der Waals surface area contributed by atoms with Crippen molar-refractivity contribution in [1.82, 2.24) is 10.6 Å². The van der Waals surface area contributed by atoms with Gasteiger partial charge in [-0.25, -0.2) is 0 Å². The van der Waals surface area contributed by atoms with E-state index in [0.29, 0.717) is 12.5 Å². The lowest BCUT2D eigenvalue weighted by Gasteiger charge is -2.21. The first-order chi connectivity index (χ1) is 13.3. The average Bonchev–Trinajstić information content (AvgIpc) is 2.65. The summed E-state index contributed by atoms with van der Waals surface area (Å²) < 4.78 is 0. The Morgan fingerprint density at radius 3 is 2.21 bits per heavy atom. The standard InChI is InChI=1S/C22H32N2O.C3H8/c1-6-10-21(14-18(4)13-17(2)3)19(5)23-16-22(25)24-15-20-11-8-7-9-12-20;1-3-2/h6-9,11-12,17,21,23H,1,4-5,10,13-16H2,2-3H3,(H,24,25);3H2,1-2H3. The molecule has 0 aliphatic rings. The molecule has 1 unspecified atom stereocenters. The molecule has 1 rings (SSSR count). The first kappa shape index (κ1) is 25.7. The Labute approximate surface area is 173 Å². The van der Waals surface area contributed by atoms with Crippen molar-refractivity contribution in [2.24, 2.45) is 11.8 Å². The Bertz CT molecular complexity index is 590. The monoisotopic (exact) mass is 384 g/mol. The third kappa shape index (κ3) is 13.0. The number of hydrogen-bond donors (Lipinski definition) is 2. The van der Waals surface area contributed by atoms with Crippen LogP contribution >= 0.6 is 0 Å². The van der Waals surface area contributed by atoms with Crippen LogP contribution in [0.1, 0.15) is 58.9 Å². The molecule has 3 heteroatoms. The second kappa shape index (κ2) is 15.7. The second-order valence-corrected chi connectivity index (χ2v) is 7.62. The molecule has 3 nitrogen and oxygen atoms in total. The van der Waals surface area contributed by atoms with Gasteiger partial charge < -0.3 is 10.6 Å². The number of nitrogens with one attached hydrogen (secondary N) is 2. The van der Waals surface area contributed by atoms with Crippen molar-refractivity contribution >= 4 is 5.91 Å². The quantitative estimate of drug-likeness (QED) is 0.433. The molecule has 1 aromatic carbocycles. The third-order valence-corrected chi connectivity index (χ3v) is 3.98. The van der Waals surface area contributed by atoms with Crippen LogP contribution < -0.4 is 10.6 Å². The van der Waals surface area contributed by atoms with Crippen molar-refractivity contribution in [3.63, 3.8) is 0 Å². The minimum absolute atomic E-state index is 0.0386. The highest BCUT2D eigenvalue weighted by Gasteiger charge is 2.14. The fourth-order valence-electron chi connectivity index (χ4n) is 2.76. The minimum Gasteiger partial charge on any atom is -0.380 e. The number of hydrogen-bond acceptors (Lipinski definition) is 2. The van der Waals surface area contributed by atoms with Gasteiger partial charge in [0.05, 0.1) is 6.54 Å². The Morgan fingerprint density at radius 1 is 1.07 bits per heavy atom. The summed E-state index contributed by atoms with van der Waals surface area (Å²) in [7, 11) is 0. The van der Waals surface area contributed by atoms with E-state index in [-0.39, 0.29) is 18.4 Å². The highest BCUT2D eigenvalue weighted by molar-refractivity contribution is 5.78. The number of rotatable bonds is 12. The molecule has 0 spiro atoms. The van der Waals surface area contributed by atoms with E-state index in [4.69, 9.17) is 0 Å². The van der Waals surface area contributed by atoms with Crippen LogP contribution in [0, 0.1) is 11.8 Å². The highest BCUT2D eigenvalue weighted by atomic mass is 16.1. The molecule has 0 aliphatic heterocycles. The average molecular weight is 385 g/mol. The van der Waals surface area contributed by atoms with Crippen LogP contribution in [-0.2, 0) is 11.3 Å². The zero-order valence-electron chi connectivity index (χ0n) is 18.4. The zero-order valence-corrected chi connectivity index (χ0v) is 18.4. The maximum absolute atomic E-state index is 12.0. The number of amides is 1. The van der Waals surface area contributed by atoms with Crippen molar-refractivity contribution in [2.45, 2.75) is 59.9 Å². The van der Waals surface area contributed by atoms with Gasteiger partial charge in [0.2, 0.25) is 5.91 Å². The smallest absolute Gasteiger partial charge is 0.239 e. The van der Waals surface area contributed by atoms with E-state index >= 15 is 0 Å². The van der Waals surface area contributed by atoms with Gasteiger partial charge >= 0.3 is 0 Å². The zero-order chi connectivity index (χ0) is 21.4. The summed E-state index contributed by atoms with van der Waals surface area (Å²) in [5, 5.41) is 6.08. The van der Waals surface area contributed by atoms with Gasteiger partial charge in [0, 0.05) is 18.2 Å². The van der Waals surface area contributed by atoms with Gasteiger partial charge in [-0.15, -0.1) is 6.58 Å². The Morgan fingerprint density at radius 2 is 1.68 bits per heavy atom. The van der Waals surface area contributed by atoms with Gasteiger partial charge in [-0.3, -0.25) is 4.79 Å². The van der Waals surface area contributed by atoms with Crippen LogP contribution in [0.4, 0.5) is 0 Å². The summed E-state index contributed by atoms with van der Waals surface area (Å²) in [6.07, 6.45) is 5.87. The largest absolute Gasteiger partial charge is 0.380 e. The molecule has 2 N–H and O–H groups in total. The predicted octanol–water partition coefficient (Wildman–Crippen LogP) is 6.01. The van der Waals surface area contributed by atoms with E-state index < -0.39 is 0 Å². The lowest BCUT2D eigenvalue weighted by atomic mass is 9.90. The maximum atomic E-state index is 12.0. The second-order valence-electron chi connectivity index (χ2n) is 7.62. The van der Waals surface area contributed by atoms with Crippen LogP contribution in [0.2, 0.25) is 0 Å². The SMILES string of the molecule is C=CCC(CC(=C)CC(C)C)C(=C)NCC(=O)NCc1ccccc1.CCC. The molecule has 1 atom stereocenters. The van der Waals surface area contributed by atoms with Crippen molar-refractivity contribution in [2.75, 3.05) is 6.54 Å². The van der Waals surface area contributed by atoms with Gasteiger partial charge in [0.1, 0.15) is 0 Å². The number of benzene rings is 1. The molecule has 0 radical (unpaired) electrons. The number of carbonyl (C=O) groups excluding carboxylic acids is 1. The van der Waals surface area contributed by atoms with Gasteiger partial charge in [-0.1, -0.05) is 89.3 Å². The minimum atomic E-state index is -0.0386. The van der Waals surface area contributed by atoms with E-state index in [2.05, 4.69) is 58.1 Å². The Balaban J connectivity index is 0.00000227. The van der Waals surface area contributed by atoms with Crippen LogP contribution in [0.3, 0.4) is 0 Å². The van der Waals surface area contributed by atoms with Crippen molar-refractivity contribution in [3.8, 4) is 0 Å². The van der Waals surface area contributed by atoms with E-state index in [1.54, 1.807) is 0 Å². The van der Waals surface area contributed by atoms with Gasteiger partial charge in [0.15, 0.2) is 0 Å². The number of allylic oxidation sites excluding steroid dienone is 3. The van der Waals surface area contributed by atoms with Crippen LogP contribution in [0.5, 0.6) is 0 Å². The topological polar surface area (TPSA) is 41.1 Å². The van der Waals surface area contributed by atoms with Crippen LogP contribution in [0.25, 0.3) is 0 Å². The van der Waals surface area contributed by atoms with E-state index in [1.807, 2.05) is 36.4 Å². The van der Waals surface area contributed by atoms with E-state index in [9.17, 15) is 4.79 Å². The fraction of sp³-hybridized carbons (Fsp3) is 0.480. The molecule has 0 bridgehead atoms. The van der Waals surface area contributed by atoms with Gasteiger partial charge in [0.25, 0.3) is 0 Å². The lowest BCUT2D eigenvalue weighted by Crippen LogP contribution is -2.34. The molecule has 0 aliphatic carbocycles. The maximum Gasteiger partial charge on any atom is 0.239 e. The van der Waals surface area contributed by atoms with E-state index in [0.717, 1.165) is 30.5 Å². The molecule has 0 aromatic heterocycles. The molecule has 0 heterocycles. The molecular weight excluding hydrogens is 344 g/mol. The summed E-state index contributed by atoms with van der Waals surface area (Å²) in [4.78, 5) is 12.0. The molecule has 0 saturated carbocycles. The highest BCUT2D eigenvalue weighted by Crippen LogP contribution is 2.24. The summed E-state index contributed by atoms with van der Waals surface area (Å²) in [6, 6.07) is 9.88. The van der Waals surface area contributed by atoms with Gasteiger partial charge in [-0.2, -0.15) is 0 Å². The van der Waals surface area contributed by atoms with Gasteiger partial charge in [-0.05, 0) is 30.7 Å². The first-order valence-electron chi connectivity index (χ1n) is 10.3. The fourth-order valence-corrected chi connectivity index (χ4v) is 2.76. The molecule has 1 aromatic rings. The molecule has 1 amide bonds. The molecule has 156 valence electrons. The Hall–Kier alpha value is -2.29. The molecule has 0 saturated heterocycles. The summed E-state index contributed by atoms with van der Waals surface area (Å²) in [5.41, 5.74) is 3.18. The van der Waals surface area contributed by atoms with Crippen molar-refractivity contribution < 1.29 is 4.79 Å². The Kier molecular flexibility index (Phi) is 14.5. The van der Waals surface area contributed by atoms with Crippen LogP contribution in [0.15, 0.2) is 67.4 Å². The predicted molar refractivity (Wildman–Crippen MR) is 123 cm³/mol. The van der Waals surface area contributed by atoms with Crippen LogP contribution in [-0.4, -0.2) is 12.5 Å². The normalized spacial score (nSPS) is 11.0. The van der Waals surface area contributed by atoms with Crippen molar-refractivity contribution in [1.29, 1.82) is 0 Å². The number of carbonyl (C=O) groups is 1. The summed E-state index contributed by atoms with van der Waals surface area (Å²) >= 11 is 0. The molecule has 28 heavy (non-hydrogen) atoms. The third-order valence-electron chi connectivity index (χ3n) is 3.98. The molecular formula is C25H40N2O. The molecule has 0 fully saturated rings. The lowest BCUT2D eigenvalue weighted by molar-refractivity contribution is -0.120. The van der Waals surface area contributed by atoms with E-state index in [1.165, 1.54) is 12.0 Å². The van der Waals surface area contributed by atoms with Crippen molar-refractivity contribution in [3.05, 3.63) is 73.0 Å². The summed E-state index contributed by atoms with van der Waals surface area (Å²) in [6.45, 7) is 21.5. The summed E-state index contributed by atoms with van der Waals surface area (Å²) in [5.74, 6) is 0.788.